The van der Waals surface area contributed by atoms with Crippen molar-refractivity contribution in [2.75, 3.05) is 13.7 Å². The summed E-state index contributed by atoms with van der Waals surface area (Å²) >= 11 is 0. The lowest BCUT2D eigenvalue weighted by atomic mass is 9.89. The van der Waals surface area contributed by atoms with Crippen molar-refractivity contribution < 1.29 is 9.53 Å². The molecule has 4 nitrogen and oxygen atoms in total. The van der Waals surface area contributed by atoms with Gasteiger partial charge in [0, 0.05) is 19.2 Å². The molecule has 18 heavy (non-hydrogen) atoms. The maximum atomic E-state index is 11.8. The molecule has 0 unspecified atom stereocenters. The maximum absolute atomic E-state index is 11.8. The topological polar surface area (TPSA) is 50.4 Å². The van der Waals surface area contributed by atoms with Crippen LogP contribution in [0.15, 0.2) is 0 Å². The number of methoxy groups -OCH3 is 1. The van der Waals surface area contributed by atoms with Gasteiger partial charge in [0.1, 0.15) is 0 Å². The maximum Gasteiger partial charge on any atom is 0.234 e. The van der Waals surface area contributed by atoms with Gasteiger partial charge in [0.15, 0.2) is 0 Å². The Morgan fingerprint density at radius 1 is 1.11 bits per heavy atom. The third kappa shape index (κ3) is 4.25. The van der Waals surface area contributed by atoms with Crippen molar-refractivity contribution in [3.8, 4) is 0 Å². The molecule has 0 aliphatic heterocycles. The van der Waals surface area contributed by atoms with Gasteiger partial charge in [-0.3, -0.25) is 4.79 Å². The van der Waals surface area contributed by atoms with Gasteiger partial charge in [-0.25, -0.2) is 0 Å². The second-order valence-electron chi connectivity index (χ2n) is 5.66. The second kappa shape index (κ2) is 7.10. The predicted molar refractivity (Wildman–Crippen MR) is 71.5 cm³/mol. The monoisotopic (exact) mass is 254 g/mol. The van der Waals surface area contributed by atoms with E-state index in [0.29, 0.717) is 24.7 Å². The minimum Gasteiger partial charge on any atom is -0.381 e. The lowest BCUT2D eigenvalue weighted by molar-refractivity contribution is -0.121. The molecular weight excluding hydrogens is 228 g/mol. The van der Waals surface area contributed by atoms with Gasteiger partial charge in [-0.15, -0.1) is 0 Å². The average Bonchev–Trinajstić information content (AvgIpc) is 2.56. The number of amides is 1. The third-order valence-electron chi connectivity index (χ3n) is 4.20. The molecule has 2 N–H and O–H groups in total. The lowest BCUT2D eigenvalue weighted by Crippen LogP contribution is -2.49. The molecular formula is C14H26N2O2. The fourth-order valence-electron chi connectivity index (χ4n) is 2.86. The van der Waals surface area contributed by atoms with E-state index in [-0.39, 0.29) is 5.91 Å². The first-order valence-corrected chi connectivity index (χ1v) is 7.33. The summed E-state index contributed by atoms with van der Waals surface area (Å²) in [5, 5.41) is 6.45. The highest BCUT2D eigenvalue weighted by Crippen LogP contribution is 2.22. The number of hydrogen-bond acceptors (Lipinski definition) is 3. The van der Waals surface area contributed by atoms with Crippen molar-refractivity contribution in [3.63, 3.8) is 0 Å². The first kappa shape index (κ1) is 13.8. The summed E-state index contributed by atoms with van der Waals surface area (Å²) in [6.45, 7) is 0.456. The van der Waals surface area contributed by atoms with Crippen molar-refractivity contribution in [2.24, 2.45) is 0 Å². The van der Waals surface area contributed by atoms with E-state index in [0.717, 1.165) is 25.7 Å². The molecule has 2 aliphatic rings. The average molecular weight is 254 g/mol. The fourth-order valence-corrected chi connectivity index (χ4v) is 2.86. The van der Waals surface area contributed by atoms with Gasteiger partial charge in [0.05, 0.1) is 12.6 Å². The minimum atomic E-state index is 0.155. The Hall–Kier alpha value is -0.610. The Bertz CT molecular complexity index is 257. The lowest BCUT2D eigenvalue weighted by Gasteiger charge is -2.34. The van der Waals surface area contributed by atoms with E-state index in [1.807, 2.05) is 0 Å². The van der Waals surface area contributed by atoms with Gasteiger partial charge < -0.3 is 15.4 Å². The third-order valence-corrected chi connectivity index (χ3v) is 4.20. The van der Waals surface area contributed by atoms with Gasteiger partial charge in [0.25, 0.3) is 0 Å². The molecule has 0 radical (unpaired) electrons. The molecule has 0 saturated heterocycles. The van der Waals surface area contributed by atoms with Crippen LogP contribution in [0.25, 0.3) is 0 Å². The molecule has 2 fully saturated rings. The minimum absolute atomic E-state index is 0.155. The summed E-state index contributed by atoms with van der Waals surface area (Å²) in [5.74, 6) is 0.155. The van der Waals surface area contributed by atoms with E-state index in [1.54, 1.807) is 7.11 Å². The van der Waals surface area contributed by atoms with Crippen molar-refractivity contribution in [3.05, 3.63) is 0 Å². The normalized spacial score (nSPS) is 29.4. The zero-order valence-electron chi connectivity index (χ0n) is 11.4. The smallest absolute Gasteiger partial charge is 0.234 e. The fraction of sp³-hybridized carbons (Fsp3) is 0.929. The SMILES string of the molecule is COC1CC(NCC(=O)NC2CCCCCC2)C1. The molecule has 0 atom stereocenters. The predicted octanol–water partition coefficient (Wildman–Crippen LogP) is 1.59. The first-order chi connectivity index (χ1) is 8.78. The number of carbonyl (C=O) groups excluding carboxylic acids is 1. The van der Waals surface area contributed by atoms with Crippen LogP contribution in [0.2, 0.25) is 0 Å². The molecule has 2 rings (SSSR count). The molecule has 2 saturated carbocycles. The van der Waals surface area contributed by atoms with Gasteiger partial charge in [-0.1, -0.05) is 25.7 Å². The van der Waals surface area contributed by atoms with Gasteiger partial charge >= 0.3 is 0 Å². The van der Waals surface area contributed by atoms with Crippen LogP contribution in [-0.2, 0) is 9.53 Å². The van der Waals surface area contributed by atoms with Crippen LogP contribution in [0.4, 0.5) is 0 Å². The first-order valence-electron chi connectivity index (χ1n) is 7.33. The van der Waals surface area contributed by atoms with Crippen molar-refractivity contribution in [2.45, 2.75) is 69.6 Å². The molecule has 0 aromatic carbocycles. The van der Waals surface area contributed by atoms with Crippen molar-refractivity contribution in [1.82, 2.24) is 10.6 Å². The number of hydrogen-bond donors (Lipinski definition) is 2. The summed E-state index contributed by atoms with van der Waals surface area (Å²) in [5.41, 5.74) is 0. The Labute approximate surface area is 110 Å². The molecule has 104 valence electrons. The summed E-state index contributed by atoms with van der Waals surface area (Å²) in [6, 6.07) is 0.879. The molecule has 0 aromatic rings. The van der Waals surface area contributed by atoms with Crippen LogP contribution in [0.3, 0.4) is 0 Å². The Morgan fingerprint density at radius 3 is 2.39 bits per heavy atom. The van der Waals surface area contributed by atoms with Gasteiger partial charge in [-0.2, -0.15) is 0 Å². The summed E-state index contributed by atoms with van der Waals surface area (Å²) in [6.07, 6.45) is 9.94. The summed E-state index contributed by atoms with van der Waals surface area (Å²) < 4.78 is 5.22. The van der Waals surface area contributed by atoms with Crippen LogP contribution in [0.1, 0.15) is 51.4 Å². The van der Waals surface area contributed by atoms with E-state index >= 15 is 0 Å². The Morgan fingerprint density at radius 2 is 1.78 bits per heavy atom. The molecule has 0 heterocycles. The van der Waals surface area contributed by atoms with Crippen LogP contribution < -0.4 is 10.6 Å². The molecule has 2 aliphatic carbocycles. The molecule has 4 heteroatoms. The van der Waals surface area contributed by atoms with E-state index in [4.69, 9.17) is 4.74 Å². The second-order valence-corrected chi connectivity index (χ2v) is 5.66. The molecule has 0 spiro atoms. The number of carbonyl (C=O) groups is 1. The zero-order chi connectivity index (χ0) is 12.8. The van der Waals surface area contributed by atoms with E-state index in [9.17, 15) is 4.79 Å². The quantitative estimate of drug-likeness (QED) is 0.733. The number of ether oxygens (including phenoxy) is 1. The highest BCUT2D eigenvalue weighted by Gasteiger charge is 2.28. The van der Waals surface area contributed by atoms with Crippen LogP contribution in [0.5, 0.6) is 0 Å². The van der Waals surface area contributed by atoms with E-state index < -0.39 is 0 Å². The zero-order valence-corrected chi connectivity index (χ0v) is 11.4. The van der Waals surface area contributed by atoms with Crippen LogP contribution in [-0.4, -0.2) is 37.7 Å². The number of rotatable bonds is 5. The van der Waals surface area contributed by atoms with Crippen molar-refractivity contribution in [1.29, 1.82) is 0 Å². The summed E-state index contributed by atoms with van der Waals surface area (Å²) in [7, 11) is 1.75. The van der Waals surface area contributed by atoms with E-state index in [1.165, 1.54) is 25.7 Å². The van der Waals surface area contributed by atoms with Gasteiger partial charge in [0.2, 0.25) is 5.91 Å². The van der Waals surface area contributed by atoms with Crippen LogP contribution in [0, 0.1) is 0 Å². The largest absolute Gasteiger partial charge is 0.381 e. The molecule has 1 amide bonds. The Kier molecular flexibility index (Phi) is 5.45. The molecule has 0 aromatic heterocycles. The summed E-state index contributed by atoms with van der Waals surface area (Å²) in [4.78, 5) is 11.8. The number of nitrogens with one attached hydrogen (secondary N) is 2. The van der Waals surface area contributed by atoms with Gasteiger partial charge in [-0.05, 0) is 25.7 Å². The molecule has 0 bridgehead atoms. The highest BCUT2D eigenvalue weighted by atomic mass is 16.5. The standard InChI is InChI=1S/C14H26N2O2/c1-18-13-8-12(9-13)15-10-14(17)16-11-6-4-2-3-5-7-11/h11-13,15H,2-10H2,1H3,(H,16,17). The Balaban J connectivity index is 1.57. The highest BCUT2D eigenvalue weighted by molar-refractivity contribution is 5.78. The van der Waals surface area contributed by atoms with Crippen LogP contribution >= 0.6 is 0 Å². The van der Waals surface area contributed by atoms with Crippen molar-refractivity contribution >= 4 is 5.91 Å². The van der Waals surface area contributed by atoms with E-state index in [2.05, 4.69) is 10.6 Å².